The zero-order valence-electron chi connectivity index (χ0n) is 11.4. The van der Waals surface area contributed by atoms with Gasteiger partial charge in [-0.15, -0.1) is 0 Å². The standard InChI is InChI=1S/C11H19N3O4S/c1-5-14-6-9(12-8(14)4)19(17,18)13-10(7(2)3)11(15)16/h6-7,10,13H,5H2,1-4H3,(H,15,16)/t10-/m1/s1. The lowest BCUT2D eigenvalue weighted by molar-refractivity contribution is -0.140. The van der Waals surface area contributed by atoms with Crippen molar-refractivity contribution in [3.8, 4) is 0 Å². The maximum Gasteiger partial charge on any atom is 0.322 e. The molecule has 0 fully saturated rings. The summed E-state index contributed by atoms with van der Waals surface area (Å²) < 4.78 is 28.0. The number of sulfonamides is 1. The average molecular weight is 289 g/mol. The number of aryl methyl sites for hydroxylation is 2. The van der Waals surface area contributed by atoms with E-state index in [1.165, 1.54) is 6.20 Å². The molecule has 0 saturated carbocycles. The third-order valence-electron chi connectivity index (χ3n) is 2.78. The van der Waals surface area contributed by atoms with Crippen molar-refractivity contribution in [3.05, 3.63) is 12.0 Å². The molecular weight excluding hydrogens is 270 g/mol. The van der Waals surface area contributed by atoms with E-state index in [0.717, 1.165) is 0 Å². The molecule has 1 heterocycles. The zero-order valence-corrected chi connectivity index (χ0v) is 12.2. The Kier molecular flexibility index (Phi) is 4.70. The van der Waals surface area contributed by atoms with Crippen LogP contribution in [0.3, 0.4) is 0 Å². The van der Waals surface area contributed by atoms with Crippen LogP contribution in [0, 0.1) is 12.8 Å². The van der Waals surface area contributed by atoms with Gasteiger partial charge in [0, 0.05) is 12.7 Å². The number of carboxylic acid groups (broad SMARTS) is 1. The first kappa shape index (κ1) is 15.6. The number of carboxylic acids is 1. The van der Waals surface area contributed by atoms with E-state index in [9.17, 15) is 13.2 Å². The lowest BCUT2D eigenvalue weighted by Crippen LogP contribution is -2.44. The molecule has 0 radical (unpaired) electrons. The summed E-state index contributed by atoms with van der Waals surface area (Å²) in [5.74, 6) is -0.994. The minimum absolute atomic E-state index is 0.154. The van der Waals surface area contributed by atoms with E-state index in [4.69, 9.17) is 5.11 Å². The number of rotatable bonds is 6. The van der Waals surface area contributed by atoms with Crippen molar-refractivity contribution >= 4 is 16.0 Å². The number of imidazole rings is 1. The lowest BCUT2D eigenvalue weighted by Gasteiger charge is -2.16. The van der Waals surface area contributed by atoms with E-state index in [0.29, 0.717) is 12.4 Å². The fourth-order valence-corrected chi connectivity index (χ4v) is 2.97. The minimum Gasteiger partial charge on any atom is -0.480 e. The monoisotopic (exact) mass is 289 g/mol. The molecule has 1 aromatic heterocycles. The van der Waals surface area contributed by atoms with E-state index in [-0.39, 0.29) is 10.9 Å². The van der Waals surface area contributed by atoms with Crippen LogP contribution in [0.25, 0.3) is 0 Å². The topological polar surface area (TPSA) is 101 Å². The van der Waals surface area contributed by atoms with Crippen LogP contribution in [0.5, 0.6) is 0 Å². The summed E-state index contributed by atoms with van der Waals surface area (Å²) in [5.41, 5.74) is 0. The lowest BCUT2D eigenvalue weighted by atomic mass is 10.1. The summed E-state index contributed by atoms with van der Waals surface area (Å²) in [4.78, 5) is 15.0. The number of carbonyl (C=O) groups is 1. The van der Waals surface area contributed by atoms with E-state index >= 15 is 0 Å². The first-order valence-electron chi connectivity index (χ1n) is 5.98. The third-order valence-corrected chi connectivity index (χ3v) is 4.10. The Hall–Kier alpha value is -1.41. The van der Waals surface area contributed by atoms with Crippen molar-refractivity contribution < 1.29 is 18.3 Å². The van der Waals surface area contributed by atoms with Crippen LogP contribution >= 0.6 is 0 Å². The van der Waals surface area contributed by atoms with Gasteiger partial charge in [-0.2, -0.15) is 4.72 Å². The summed E-state index contributed by atoms with van der Waals surface area (Å²) in [6, 6.07) is -1.17. The van der Waals surface area contributed by atoms with Crippen molar-refractivity contribution in [1.82, 2.24) is 14.3 Å². The predicted octanol–water partition coefficient (Wildman–Crippen LogP) is 0.599. The highest BCUT2D eigenvalue weighted by molar-refractivity contribution is 7.89. The molecule has 108 valence electrons. The number of hydrogen-bond acceptors (Lipinski definition) is 4. The van der Waals surface area contributed by atoms with Crippen LogP contribution in [0.15, 0.2) is 11.2 Å². The van der Waals surface area contributed by atoms with Gasteiger partial charge in [-0.05, 0) is 19.8 Å². The molecule has 1 aromatic rings. The smallest absolute Gasteiger partial charge is 0.322 e. The second-order valence-corrected chi connectivity index (χ2v) is 6.25. The van der Waals surface area contributed by atoms with E-state index in [1.807, 2.05) is 6.92 Å². The Morgan fingerprint density at radius 1 is 1.53 bits per heavy atom. The second-order valence-electron chi connectivity index (χ2n) is 4.59. The van der Waals surface area contributed by atoms with Gasteiger partial charge in [-0.3, -0.25) is 4.79 Å². The van der Waals surface area contributed by atoms with Gasteiger partial charge in [-0.25, -0.2) is 13.4 Å². The van der Waals surface area contributed by atoms with Gasteiger partial charge in [-0.1, -0.05) is 13.8 Å². The maximum atomic E-state index is 12.1. The number of nitrogens with zero attached hydrogens (tertiary/aromatic N) is 2. The Morgan fingerprint density at radius 2 is 2.11 bits per heavy atom. The average Bonchev–Trinajstić information content (AvgIpc) is 2.67. The van der Waals surface area contributed by atoms with Gasteiger partial charge in [0.05, 0.1) is 0 Å². The number of aliphatic carboxylic acids is 1. The molecule has 19 heavy (non-hydrogen) atoms. The SMILES string of the molecule is CCn1cc(S(=O)(=O)N[C@@H](C(=O)O)C(C)C)nc1C. The summed E-state index contributed by atoms with van der Waals surface area (Å²) in [7, 11) is -3.92. The summed E-state index contributed by atoms with van der Waals surface area (Å²) in [6.45, 7) is 7.43. The fourth-order valence-electron chi connectivity index (χ4n) is 1.63. The maximum absolute atomic E-state index is 12.1. The van der Waals surface area contributed by atoms with Crippen LogP contribution in [0.4, 0.5) is 0 Å². The number of nitrogens with one attached hydrogen (secondary N) is 1. The predicted molar refractivity (Wildman–Crippen MR) is 69.2 cm³/mol. The Morgan fingerprint density at radius 3 is 2.47 bits per heavy atom. The fraction of sp³-hybridized carbons (Fsp3) is 0.636. The molecule has 2 N–H and O–H groups in total. The Labute approximate surface area is 112 Å². The van der Waals surface area contributed by atoms with Gasteiger partial charge in [0.25, 0.3) is 10.0 Å². The molecular formula is C11H19N3O4S. The molecule has 0 aliphatic heterocycles. The van der Waals surface area contributed by atoms with Gasteiger partial charge in [0.15, 0.2) is 5.03 Å². The molecule has 0 bridgehead atoms. The zero-order chi connectivity index (χ0) is 14.8. The van der Waals surface area contributed by atoms with Crippen molar-refractivity contribution in [2.45, 2.75) is 45.3 Å². The largest absolute Gasteiger partial charge is 0.480 e. The molecule has 8 heteroatoms. The van der Waals surface area contributed by atoms with Crippen molar-refractivity contribution in [3.63, 3.8) is 0 Å². The highest BCUT2D eigenvalue weighted by atomic mass is 32.2. The quantitative estimate of drug-likeness (QED) is 0.798. The van der Waals surface area contributed by atoms with E-state index in [1.54, 1.807) is 25.3 Å². The highest BCUT2D eigenvalue weighted by Crippen LogP contribution is 2.12. The van der Waals surface area contributed by atoms with Gasteiger partial charge in [0.2, 0.25) is 0 Å². The molecule has 0 amide bonds. The Bertz CT molecular complexity index is 562. The molecule has 1 rings (SSSR count). The summed E-state index contributed by atoms with van der Waals surface area (Å²) in [5, 5.41) is 8.85. The van der Waals surface area contributed by atoms with Crippen molar-refractivity contribution in [1.29, 1.82) is 0 Å². The molecule has 0 aliphatic rings. The highest BCUT2D eigenvalue weighted by Gasteiger charge is 2.29. The first-order valence-corrected chi connectivity index (χ1v) is 7.46. The van der Waals surface area contributed by atoms with Crippen molar-refractivity contribution in [2.75, 3.05) is 0 Å². The summed E-state index contributed by atoms with van der Waals surface area (Å²) >= 11 is 0. The van der Waals surface area contributed by atoms with Gasteiger partial charge in [0.1, 0.15) is 11.9 Å². The third kappa shape index (κ3) is 3.54. The minimum atomic E-state index is -3.92. The van der Waals surface area contributed by atoms with Crippen LogP contribution in [-0.4, -0.2) is 35.1 Å². The van der Waals surface area contributed by atoms with Gasteiger partial charge >= 0.3 is 5.97 Å². The van der Waals surface area contributed by atoms with Crippen LogP contribution in [0.2, 0.25) is 0 Å². The number of hydrogen-bond donors (Lipinski definition) is 2. The normalized spacial score (nSPS) is 13.7. The molecule has 7 nitrogen and oxygen atoms in total. The van der Waals surface area contributed by atoms with Crippen molar-refractivity contribution in [2.24, 2.45) is 5.92 Å². The molecule has 0 spiro atoms. The first-order chi connectivity index (χ1) is 8.69. The second kappa shape index (κ2) is 5.70. The van der Waals surface area contributed by atoms with Crippen LogP contribution in [0.1, 0.15) is 26.6 Å². The van der Waals surface area contributed by atoms with Gasteiger partial charge < -0.3 is 9.67 Å². The summed E-state index contributed by atoms with van der Waals surface area (Å²) in [6.07, 6.45) is 1.40. The van der Waals surface area contributed by atoms with E-state index in [2.05, 4.69) is 9.71 Å². The van der Waals surface area contributed by atoms with E-state index < -0.39 is 22.0 Å². The number of aromatic nitrogens is 2. The molecule has 0 aliphatic carbocycles. The van der Waals surface area contributed by atoms with Crippen LogP contribution < -0.4 is 4.72 Å². The Balaban J connectivity index is 3.06. The molecule has 0 unspecified atom stereocenters. The molecule has 0 aromatic carbocycles. The molecule has 0 saturated heterocycles. The molecule has 1 atom stereocenters. The van der Waals surface area contributed by atoms with Crippen LogP contribution in [-0.2, 0) is 21.4 Å².